The molecule has 0 aromatic heterocycles. The van der Waals surface area contributed by atoms with E-state index in [4.69, 9.17) is 14.6 Å². The number of ether oxygens (including phenoxy) is 2. The summed E-state index contributed by atoms with van der Waals surface area (Å²) in [5.74, 6) is -0.559. The maximum Gasteiger partial charge on any atom is 0.306 e. The molecule has 0 fully saturated rings. The van der Waals surface area contributed by atoms with Gasteiger partial charge in [-0.25, -0.2) is 0 Å². The van der Waals surface area contributed by atoms with Gasteiger partial charge in [0, 0.05) is 13.2 Å². The fourth-order valence-corrected chi connectivity index (χ4v) is 2.84. The minimum atomic E-state index is -0.926. The first-order chi connectivity index (χ1) is 13.5. The molecule has 2 atom stereocenters. The number of nitrogens with one attached hydrogen (secondary N) is 1. The zero-order valence-electron chi connectivity index (χ0n) is 16.3. The van der Waals surface area contributed by atoms with Crippen molar-refractivity contribution in [3.05, 3.63) is 65.7 Å². The number of benzene rings is 2. The lowest BCUT2D eigenvalue weighted by atomic mass is 10.1. The summed E-state index contributed by atoms with van der Waals surface area (Å²) in [6.07, 6.45) is 1.13. The van der Waals surface area contributed by atoms with Gasteiger partial charge in [-0.3, -0.25) is 9.59 Å². The Hall–Kier alpha value is -2.86. The van der Waals surface area contributed by atoms with Crippen molar-refractivity contribution in [3.63, 3.8) is 0 Å². The summed E-state index contributed by atoms with van der Waals surface area (Å²) in [5, 5.41) is 11.8. The van der Waals surface area contributed by atoms with Gasteiger partial charge in [-0.2, -0.15) is 0 Å². The molecule has 0 bridgehead atoms. The summed E-state index contributed by atoms with van der Waals surface area (Å²) in [7, 11) is 1.47. The molecule has 2 N–H and O–H groups in total. The number of carboxylic acids is 1. The van der Waals surface area contributed by atoms with E-state index < -0.39 is 12.1 Å². The van der Waals surface area contributed by atoms with Crippen LogP contribution in [0, 0.1) is 0 Å². The molecule has 0 spiro atoms. The molecule has 2 aromatic carbocycles. The van der Waals surface area contributed by atoms with E-state index in [0.29, 0.717) is 5.75 Å². The molecule has 28 heavy (non-hydrogen) atoms. The first kappa shape index (κ1) is 21.4. The smallest absolute Gasteiger partial charge is 0.306 e. The lowest BCUT2D eigenvalue weighted by molar-refractivity contribution is -0.139. The highest BCUT2D eigenvalue weighted by molar-refractivity contribution is 5.77. The number of carbonyl (C=O) groups excluding carboxylic acids is 1. The molecule has 0 aliphatic carbocycles. The van der Waals surface area contributed by atoms with Gasteiger partial charge in [0.15, 0.2) is 6.61 Å². The van der Waals surface area contributed by atoms with E-state index in [0.717, 1.165) is 18.4 Å². The van der Waals surface area contributed by atoms with E-state index in [9.17, 15) is 9.59 Å². The molecule has 6 heteroatoms. The van der Waals surface area contributed by atoms with Crippen LogP contribution in [0.25, 0.3) is 0 Å². The summed E-state index contributed by atoms with van der Waals surface area (Å²) in [6, 6.07) is 17.1. The molecular weight excluding hydrogens is 358 g/mol. The molecule has 2 rings (SSSR count). The normalized spacial score (nSPS) is 12.8. The maximum atomic E-state index is 12.1. The lowest BCUT2D eigenvalue weighted by Gasteiger charge is -2.15. The minimum absolute atomic E-state index is 0.0529. The summed E-state index contributed by atoms with van der Waals surface area (Å²) in [5.41, 5.74) is 1.99. The molecule has 150 valence electrons. The first-order valence-corrected chi connectivity index (χ1v) is 9.28. The van der Waals surface area contributed by atoms with E-state index >= 15 is 0 Å². The van der Waals surface area contributed by atoms with Crippen molar-refractivity contribution in [2.45, 2.75) is 38.3 Å². The van der Waals surface area contributed by atoms with Crippen LogP contribution in [0.5, 0.6) is 5.75 Å². The second-order valence-corrected chi connectivity index (χ2v) is 6.67. The van der Waals surface area contributed by atoms with Crippen molar-refractivity contribution in [3.8, 4) is 5.75 Å². The van der Waals surface area contributed by atoms with E-state index in [1.807, 2.05) is 25.1 Å². The van der Waals surface area contributed by atoms with E-state index in [1.165, 1.54) is 12.7 Å². The third-order valence-electron chi connectivity index (χ3n) is 4.38. The molecular formula is C22H27NO5. The van der Waals surface area contributed by atoms with Crippen LogP contribution in [0.4, 0.5) is 0 Å². The SMILES string of the molecule is COC(CC(=O)O)c1ccc(OCC(=O)NC(C)CCc2ccccc2)cc1. The van der Waals surface area contributed by atoms with Crippen molar-refractivity contribution >= 4 is 11.9 Å². The number of carboxylic acid groups (broad SMARTS) is 1. The Morgan fingerprint density at radius 2 is 1.75 bits per heavy atom. The topological polar surface area (TPSA) is 84.9 Å². The Labute approximate surface area is 165 Å². The molecule has 0 aliphatic rings. The molecule has 0 heterocycles. The molecule has 2 unspecified atom stereocenters. The highest BCUT2D eigenvalue weighted by Crippen LogP contribution is 2.23. The summed E-state index contributed by atoms with van der Waals surface area (Å²) in [6.45, 7) is 1.90. The molecule has 0 aliphatic heterocycles. The van der Waals surface area contributed by atoms with Gasteiger partial charge in [-0.15, -0.1) is 0 Å². The lowest BCUT2D eigenvalue weighted by Crippen LogP contribution is -2.36. The van der Waals surface area contributed by atoms with Gasteiger partial charge in [0.2, 0.25) is 0 Å². The number of hydrogen-bond donors (Lipinski definition) is 2. The highest BCUT2D eigenvalue weighted by Gasteiger charge is 2.15. The summed E-state index contributed by atoms with van der Waals surface area (Å²) in [4.78, 5) is 22.9. The second-order valence-electron chi connectivity index (χ2n) is 6.67. The predicted molar refractivity (Wildman–Crippen MR) is 106 cm³/mol. The predicted octanol–water partition coefficient (Wildman–Crippen LogP) is 3.37. The van der Waals surface area contributed by atoms with Crippen LogP contribution in [0.15, 0.2) is 54.6 Å². The van der Waals surface area contributed by atoms with E-state index in [1.54, 1.807) is 24.3 Å². The van der Waals surface area contributed by atoms with Crippen LogP contribution in [-0.4, -0.2) is 36.7 Å². The Bertz CT molecular complexity index is 745. The summed E-state index contributed by atoms with van der Waals surface area (Å²) >= 11 is 0. The quantitative estimate of drug-likeness (QED) is 0.620. The van der Waals surface area contributed by atoms with Gasteiger partial charge in [-0.05, 0) is 43.0 Å². The molecule has 0 saturated carbocycles. The van der Waals surface area contributed by atoms with Gasteiger partial charge in [0.05, 0.1) is 12.5 Å². The molecule has 0 radical (unpaired) electrons. The van der Waals surface area contributed by atoms with Gasteiger partial charge in [-0.1, -0.05) is 42.5 Å². The Kier molecular flexibility index (Phi) is 8.49. The zero-order chi connectivity index (χ0) is 20.4. The fourth-order valence-electron chi connectivity index (χ4n) is 2.84. The van der Waals surface area contributed by atoms with E-state index in [2.05, 4.69) is 17.4 Å². The minimum Gasteiger partial charge on any atom is -0.484 e. The number of aryl methyl sites for hydroxylation is 1. The number of hydrogen-bond acceptors (Lipinski definition) is 4. The Morgan fingerprint density at radius 3 is 2.36 bits per heavy atom. The van der Waals surface area contributed by atoms with Gasteiger partial charge in [0.25, 0.3) is 5.91 Å². The number of carbonyl (C=O) groups is 2. The van der Waals surface area contributed by atoms with Crippen LogP contribution in [0.2, 0.25) is 0 Å². The van der Waals surface area contributed by atoms with Crippen LogP contribution >= 0.6 is 0 Å². The fraction of sp³-hybridized carbons (Fsp3) is 0.364. The Balaban J connectivity index is 1.75. The number of aliphatic carboxylic acids is 1. The number of amides is 1. The van der Waals surface area contributed by atoms with Crippen LogP contribution in [0.1, 0.15) is 37.0 Å². The maximum absolute atomic E-state index is 12.1. The van der Waals surface area contributed by atoms with Gasteiger partial charge in [0.1, 0.15) is 5.75 Å². The monoisotopic (exact) mass is 385 g/mol. The zero-order valence-corrected chi connectivity index (χ0v) is 16.3. The van der Waals surface area contributed by atoms with Gasteiger partial charge >= 0.3 is 5.97 Å². The molecule has 0 saturated heterocycles. The third kappa shape index (κ3) is 7.40. The second kappa shape index (κ2) is 11.1. The first-order valence-electron chi connectivity index (χ1n) is 9.28. The molecule has 6 nitrogen and oxygen atoms in total. The average Bonchev–Trinajstić information content (AvgIpc) is 2.70. The van der Waals surface area contributed by atoms with Crippen molar-refractivity contribution in [1.29, 1.82) is 0 Å². The highest BCUT2D eigenvalue weighted by atomic mass is 16.5. The van der Waals surface area contributed by atoms with Crippen molar-refractivity contribution in [1.82, 2.24) is 5.32 Å². The standard InChI is InChI=1S/C22H27NO5/c1-16(8-9-17-6-4-3-5-7-17)23-21(24)15-28-19-12-10-18(11-13-19)20(27-2)14-22(25)26/h3-7,10-13,16,20H,8-9,14-15H2,1-2H3,(H,23,24)(H,25,26). The molecule has 2 aromatic rings. The van der Waals surface area contributed by atoms with Crippen LogP contribution in [-0.2, 0) is 20.7 Å². The van der Waals surface area contributed by atoms with Gasteiger partial charge < -0.3 is 19.9 Å². The Morgan fingerprint density at radius 1 is 1.07 bits per heavy atom. The molecule has 1 amide bonds. The average molecular weight is 385 g/mol. The van der Waals surface area contributed by atoms with Crippen LogP contribution < -0.4 is 10.1 Å². The number of methoxy groups -OCH3 is 1. The third-order valence-corrected chi connectivity index (χ3v) is 4.38. The number of rotatable bonds is 11. The largest absolute Gasteiger partial charge is 0.484 e. The van der Waals surface area contributed by atoms with Crippen molar-refractivity contribution in [2.75, 3.05) is 13.7 Å². The van der Waals surface area contributed by atoms with Crippen LogP contribution in [0.3, 0.4) is 0 Å². The summed E-state index contributed by atoms with van der Waals surface area (Å²) < 4.78 is 10.7. The van der Waals surface area contributed by atoms with E-state index in [-0.39, 0.29) is 25.0 Å². The van der Waals surface area contributed by atoms with Crippen molar-refractivity contribution in [2.24, 2.45) is 0 Å². The van der Waals surface area contributed by atoms with Crippen molar-refractivity contribution < 1.29 is 24.2 Å².